The van der Waals surface area contributed by atoms with Gasteiger partial charge in [-0.1, -0.05) is 26.0 Å². The summed E-state index contributed by atoms with van der Waals surface area (Å²) in [5, 5.41) is 13.9. The van der Waals surface area contributed by atoms with E-state index in [0.29, 0.717) is 6.54 Å². The standard InChI is InChI=1S/C22H30N4O2S/c1-3-16(2)21(28)26-8-6-17-14-18(4-5-19(17)26)20(27)15-24-9-11-25(12-10-24)22-23-7-13-29-22/h4-5,7,13-14,16,20,27H,3,6,8-12,15H2,1-2H3. The number of β-amino-alcohol motifs (C(OH)–C–C–N with tert-alkyl or cyclic N) is 1. The van der Waals surface area contributed by atoms with Gasteiger partial charge in [0.1, 0.15) is 0 Å². The molecule has 2 atom stereocenters. The molecule has 7 heteroatoms. The zero-order chi connectivity index (χ0) is 20.4. The Morgan fingerprint density at radius 1 is 1.24 bits per heavy atom. The highest BCUT2D eigenvalue weighted by Gasteiger charge is 2.28. The number of carbonyl (C=O) groups excluding carboxylic acids is 1. The first-order valence-electron chi connectivity index (χ1n) is 10.6. The molecule has 3 heterocycles. The number of hydrogen-bond acceptors (Lipinski definition) is 6. The van der Waals surface area contributed by atoms with Gasteiger partial charge in [-0.3, -0.25) is 9.69 Å². The minimum Gasteiger partial charge on any atom is -0.387 e. The average Bonchev–Trinajstić information content (AvgIpc) is 3.42. The third-order valence-corrected chi connectivity index (χ3v) is 7.01. The molecule has 1 aromatic heterocycles. The molecule has 0 saturated carbocycles. The van der Waals surface area contributed by atoms with Crippen molar-refractivity contribution in [3.05, 3.63) is 40.9 Å². The molecule has 1 saturated heterocycles. The van der Waals surface area contributed by atoms with E-state index in [2.05, 4.69) is 27.8 Å². The Balaban J connectivity index is 1.35. The van der Waals surface area contributed by atoms with E-state index in [-0.39, 0.29) is 11.8 Å². The van der Waals surface area contributed by atoms with Gasteiger partial charge in [0.15, 0.2) is 5.13 Å². The van der Waals surface area contributed by atoms with Crippen molar-refractivity contribution in [3.63, 3.8) is 0 Å². The fraction of sp³-hybridized carbons (Fsp3) is 0.545. The number of thiazole rings is 1. The Hall–Kier alpha value is -1.96. The molecule has 0 bridgehead atoms. The quantitative estimate of drug-likeness (QED) is 0.788. The summed E-state index contributed by atoms with van der Waals surface area (Å²) in [5.41, 5.74) is 3.14. The summed E-state index contributed by atoms with van der Waals surface area (Å²) < 4.78 is 0. The van der Waals surface area contributed by atoms with Crippen molar-refractivity contribution in [2.75, 3.05) is 49.1 Å². The van der Waals surface area contributed by atoms with Crippen LogP contribution < -0.4 is 9.80 Å². The summed E-state index contributed by atoms with van der Waals surface area (Å²) in [5.74, 6) is 0.256. The van der Waals surface area contributed by atoms with E-state index in [4.69, 9.17) is 0 Å². The number of anilines is 2. The summed E-state index contributed by atoms with van der Waals surface area (Å²) in [6, 6.07) is 6.09. The van der Waals surface area contributed by atoms with Crippen LogP contribution in [-0.4, -0.2) is 60.2 Å². The maximum absolute atomic E-state index is 12.6. The van der Waals surface area contributed by atoms with Gasteiger partial charge >= 0.3 is 0 Å². The topological polar surface area (TPSA) is 59.9 Å². The van der Waals surface area contributed by atoms with Gasteiger partial charge in [0.25, 0.3) is 0 Å². The molecule has 156 valence electrons. The number of benzene rings is 1. The van der Waals surface area contributed by atoms with Crippen molar-refractivity contribution >= 4 is 28.1 Å². The molecule has 1 fully saturated rings. The second kappa shape index (κ2) is 8.81. The molecule has 1 N–H and O–H groups in total. The van der Waals surface area contributed by atoms with Gasteiger partial charge in [0.05, 0.1) is 6.10 Å². The Kier molecular flexibility index (Phi) is 6.18. The predicted molar refractivity (Wildman–Crippen MR) is 118 cm³/mol. The number of aliphatic hydroxyl groups is 1. The minimum atomic E-state index is -0.508. The van der Waals surface area contributed by atoms with Crippen LogP contribution in [0.4, 0.5) is 10.8 Å². The fourth-order valence-electron chi connectivity index (χ4n) is 4.14. The van der Waals surface area contributed by atoms with Crippen LogP contribution in [0.2, 0.25) is 0 Å². The first-order chi connectivity index (χ1) is 14.1. The van der Waals surface area contributed by atoms with E-state index in [9.17, 15) is 9.90 Å². The van der Waals surface area contributed by atoms with E-state index < -0.39 is 6.10 Å². The molecule has 2 aliphatic heterocycles. The average molecular weight is 415 g/mol. The molecular formula is C22H30N4O2S. The minimum absolute atomic E-state index is 0.0502. The van der Waals surface area contributed by atoms with Gasteiger partial charge in [0, 0.05) is 62.5 Å². The van der Waals surface area contributed by atoms with E-state index in [1.807, 2.05) is 35.5 Å². The maximum atomic E-state index is 12.6. The normalized spacial score (nSPS) is 19.3. The van der Waals surface area contributed by atoms with Gasteiger partial charge in [-0.2, -0.15) is 0 Å². The van der Waals surface area contributed by atoms with Crippen LogP contribution in [0.1, 0.15) is 37.5 Å². The third-order valence-electron chi connectivity index (χ3n) is 6.18. The summed E-state index contributed by atoms with van der Waals surface area (Å²) in [4.78, 5) is 23.5. The number of fused-ring (bicyclic) bond motifs is 1. The van der Waals surface area contributed by atoms with E-state index >= 15 is 0 Å². The molecule has 1 aromatic carbocycles. The lowest BCUT2D eigenvalue weighted by Crippen LogP contribution is -2.47. The second-order valence-corrected chi connectivity index (χ2v) is 8.93. The molecule has 0 aliphatic carbocycles. The van der Waals surface area contributed by atoms with Crippen molar-refractivity contribution in [3.8, 4) is 0 Å². The van der Waals surface area contributed by atoms with Gasteiger partial charge in [0.2, 0.25) is 5.91 Å². The lowest BCUT2D eigenvalue weighted by atomic mass is 10.0. The Morgan fingerprint density at radius 2 is 2.03 bits per heavy atom. The van der Waals surface area contributed by atoms with Crippen LogP contribution in [0.3, 0.4) is 0 Å². The molecule has 0 spiro atoms. The number of amides is 1. The first kappa shape index (κ1) is 20.3. The second-order valence-electron chi connectivity index (χ2n) is 8.06. The van der Waals surface area contributed by atoms with Crippen LogP contribution in [0.5, 0.6) is 0 Å². The van der Waals surface area contributed by atoms with E-state index in [1.165, 1.54) is 5.56 Å². The highest BCUT2D eigenvalue weighted by molar-refractivity contribution is 7.13. The van der Waals surface area contributed by atoms with Crippen molar-refractivity contribution in [2.24, 2.45) is 5.92 Å². The number of rotatable bonds is 6. The predicted octanol–water partition coefficient (Wildman–Crippen LogP) is 2.93. The number of nitrogens with zero attached hydrogens (tertiary/aromatic N) is 4. The fourth-order valence-corrected chi connectivity index (χ4v) is 4.84. The maximum Gasteiger partial charge on any atom is 0.229 e. The molecule has 29 heavy (non-hydrogen) atoms. The van der Waals surface area contributed by atoms with Crippen molar-refractivity contribution in [2.45, 2.75) is 32.8 Å². The highest BCUT2D eigenvalue weighted by Crippen LogP contribution is 2.32. The summed E-state index contributed by atoms with van der Waals surface area (Å²) in [7, 11) is 0. The Bertz CT molecular complexity index is 833. The van der Waals surface area contributed by atoms with E-state index in [1.54, 1.807) is 11.3 Å². The van der Waals surface area contributed by atoms with Crippen LogP contribution in [0, 0.1) is 5.92 Å². The largest absolute Gasteiger partial charge is 0.387 e. The smallest absolute Gasteiger partial charge is 0.229 e. The zero-order valence-corrected chi connectivity index (χ0v) is 18.1. The number of aliphatic hydroxyl groups excluding tert-OH is 1. The summed E-state index contributed by atoms with van der Waals surface area (Å²) >= 11 is 1.68. The van der Waals surface area contributed by atoms with Crippen LogP contribution in [0.15, 0.2) is 29.8 Å². The van der Waals surface area contributed by atoms with Gasteiger partial charge < -0.3 is 14.9 Å². The lowest BCUT2D eigenvalue weighted by Gasteiger charge is -2.35. The van der Waals surface area contributed by atoms with Crippen LogP contribution >= 0.6 is 11.3 Å². The number of piperazine rings is 1. The number of carbonyl (C=O) groups is 1. The summed E-state index contributed by atoms with van der Waals surface area (Å²) in [6.07, 6.45) is 3.06. The SMILES string of the molecule is CCC(C)C(=O)N1CCc2cc(C(O)CN3CCN(c4nccs4)CC3)ccc21. The van der Waals surface area contributed by atoms with Gasteiger partial charge in [-0.05, 0) is 30.0 Å². The first-order valence-corrected chi connectivity index (χ1v) is 11.4. The van der Waals surface area contributed by atoms with Gasteiger partial charge in [-0.25, -0.2) is 4.98 Å². The lowest BCUT2D eigenvalue weighted by molar-refractivity contribution is -0.121. The molecule has 4 rings (SSSR count). The van der Waals surface area contributed by atoms with Crippen molar-refractivity contribution < 1.29 is 9.90 Å². The molecule has 0 radical (unpaired) electrons. The molecule has 6 nitrogen and oxygen atoms in total. The summed E-state index contributed by atoms with van der Waals surface area (Å²) in [6.45, 7) is 9.17. The Morgan fingerprint density at radius 3 is 2.72 bits per heavy atom. The molecule has 1 amide bonds. The van der Waals surface area contributed by atoms with Crippen LogP contribution in [-0.2, 0) is 11.2 Å². The molecule has 2 aromatic rings. The number of aromatic nitrogens is 1. The van der Waals surface area contributed by atoms with Crippen molar-refractivity contribution in [1.29, 1.82) is 0 Å². The highest BCUT2D eigenvalue weighted by atomic mass is 32.1. The van der Waals surface area contributed by atoms with Crippen molar-refractivity contribution in [1.82, 2.24) is 9.88 Å². The molecule has 2 unspecified atom stereocenters. The molecule has 2 aliphatic rings. The Labute approximate surface area is 176 Å². The molecular weight excluding hydrogens is 384 g/mol. The monoisotopic (exact) mass is 414 g/mol. The van der Waals surface area contributed by atoms with Crippen LogP contribution in [0.25, 0.3) is 0 Å². The van der Waals surface area contributed by atoms with Gasteiger partial charge in [-0.15, -0.1) is 11.3 Å². The zero-order valence-electron chi connectivity index (χ0n) is 17.3. The van der Waals surface area contributed by atoms with E-state index in [0.717, 1.165) is 61.9 Å². The third kappa shape index (κ3) is 4.32. The number of hydrogen-bond donors (Lipinski definition) is 1.